The van der Waals surface area contributed by atoms with Crippen LogP contribution in [-0.4, -0.2) is 49.1 Å². The van der Waals surface area contributed by atoms with Crippen LogP contribution in [0.4, 0.5) is 10.5 Å². The molecule has 2 aromatic carbocycles. The summed E-state index contributed by atoms with van der Waals surface area (Å²) in [6, 6.07) is 11.3. The quantitative estimate of drug-likeness (QED) is 0.441. The molecule has 1 aliphatic heterocycles. The number of nitrogens with zero attached hydrogens (tertiary/aromatic N) is 3. The number of hydrogen-bond donors (Lipinski definition) is 1. The largest absolute Gasteiger partial charge is 0.493 e. The zero-order valence-corrected chi connectivity index (χ0v) is 18.6. The monoisotopic (exact) mass is 460 g/mol. The summed E-state index contributed by atoms with van der Waals surface area (Å²) in [4.78, 5) is 47.7. The van der Waals surface area contributed by atoms with Crippen molar-refractivity contribution in [3.05, 3.63) is 66.0 Å². The maximum absolute atomic E-state index is 13.2. The number of hydrogen-bond acceptors (Lipinski definition) is 8. The maximum atomic E-state index is 13.2. The number of nitrogens with one attached hydrogen (secondary N) is 1. The van der Waals surface area contributed by atoms with Gasteiger partial charge in [-0.1, -0.05) is 30.3 Å². The zero-order valence-electron chi connectivity index (χ0n) is 18.6. The minimum atomic E-state index is -0.905. The van der Waals surface area contributed by atoms with E-state index in [9.17, 15) is 14.4 Å². The van der Waals surface area contributed by atoms with E-state index in [0.29, 0.717) is 17.1 Å². The van der Waals surface area contributed by atoms with Crippen LogP contribution in [0.15, 0.2) is 60.4 Å². The molecule has 0 saturated carbocycles. The Morgan fingerprint density at radius 1 is 0.882 bits per heavy atom. The van der Waals surface area contributed by atoms with E-state index in [1.54, 1.807) is 0 Å². The Morgan fingerprint density at radius 3 is 2.06 bits per heavy atom. The molecule has 1 fully saturated rings. The minimum absolute atomic E-state index is 0.131. The van der Waals surface area contributed by atoms with E-state index >= 15 is 0 Å². The number of barbiturate groups is 1. The van der Waals surface area contributed by atoms with Gasteiger partial charge in [0.25, 0.3) is 11.8 Å². The van der Waals surface area contributed by atoms with Gasteiger partial charge in [-0.15, -0.1) is 0 Å². The molecule has 4 rings (SSSR count). The molecule has 10 heteroatoms. The van der Waals surface area contributed by atoms with Crippen molar-refractivity contribution in [3.63, 3.8) is 0 Å². The molecule has 0 bridgehead atoms. The van der Waals surface area contributed by atoms with Crippen molar-refractivity contribution in [2.75, 3.05) is 26.2 Å². The average Bonchev–Trinajstić information content (AvgIpc) is 2.86. The van der Waals surface area contributed by atoms with Gasteiger partial charge in [0.1, 0.15) is 5.57 Å². The number of anilines is 1. The second-order valence-electron chi connectivity index (χ2n) is 7.05. The highest BCUT2D eigenvalue weighted by Gasteiger charge is 2.37. The van der Waals surface area contributed by atoms with Crippen LogP contribution in [0.5, 0.6) is 17.2 Å². The van der Waals surface area contributed by atoms with Crippen molar-refractivity contribution in [1.82, 2.24) is 15.3 Å². The van der Waals surface area contributed by atoms with Crippen LogP contribution in [-0.2, 0) is 9.59 Å². The van der Waals surface area contributed by atoms with E-state index in [-0.39, 0.29) is 22.8 Å². The molecule has 4 amide bonds. The lowest BCUT2D eigenvalue weighted by Gasteiger charge is -2.27. The number of carbonyl (C=O) groups excluding carboxylic acids is 3. The number of ether oxygens (including phenoxy) is 3. The number of benzene rings is 2. The number of aromatic nitrogens is 2. The standard InChI is InChI=1S/C24H20N4O6/c1-32-18-10-16(11-19(33-2)20(18)34-3)28-23(30)17(22(29)27-24(28)31)9-14-12-25-21(26-13-14)15-7-5-4-6-8-15/h4-13H,1-3H3,(H,27,29,31). The fraction of sp³-hybridized carbons (Fsp3) is 0.125. The lowest BCUT2D eigenvalue weighted by Crippen LogP contribution is -2.54. The Kier molecular flexibility index (Phi) is 6.22. The van der Waals surface area contributed by atoms with Gasteiger partial charge in [-0.05, 0) is 6.08 Å². The lowest BCUT2D eigenvalue weighted by atomic mass is 10.1. The smallest absolute Gasteiger partial charge is 0.335 e. The van der Waals surface area contributed by atoms with E-state index < -0.39 is 17.8 Å². The molecular weight excluding hydrogens is 440 g/mol. The first-order chi connectivity index (χ1) is 16.5. The summed E-state index contributed by atoms with van der Waals surface area (Å²) in [5, 5.41) is 2.17. The van der Waals surface area contributed by atoms with E-state index in [1.165, 1.54) is 51.9 Å². The summed E-state index contributed by atoms with van der Waals surface area (Å²) in [6.07, 6.45) is 4.30. The maximum Gasteiger partial charge on any atom is 0.335 e. The molecule has 0 unspecified atom stereocenters. The van der Waals surface area contributed by atoms with Crippen LogP contribution < -0.4 is 24.4 Å². The highest BCUT2D eigenvalue weighted by molar-refractivity contribution is 6.39. The van der Waals surface area contributed by atoms with Gasteiger partial charge >= 0.3 is 6.03 Å². The predicted molar refractivity (Wildman–Crippen MR) is 123 cm³/mol. The third-order valence-electron chi connectivity index (χ3n) is 5.02. The summed E-state index contributed by atoms with van der Waals surface area (Å²) < 4.78 is 15.9. The van der Waals surface area contributed by atoms with Gasteiger partial charge in [-0.3, -0.25) is 14.9 Å². The topological polar surface area (TPSA) is 120 Å². The van der Waals surface area contributed by atoms with Gasteiger partial charge in [0, 0.05) is 35.7 Å². The number of amides is 4. The van der Waals surface area contributed by atoms with Gasteiger partial charge in [0.15, 0.2) is 17.3 Å². The van der Waals surface area contributed by atoms with Crippen LogP contribution >= 0.6 is 0 Å². The van der Waals surface area contributed by atoms with Crippen molar-refractivity contribution < 1.29 is 28.6 Å². The Balaban J connectivity index is 1.70. The highest BCUT2D eigenvalue weighted by atomic mass is 16.5. The average molecular weight is 460 g/mol. The molecule has 34 heavy (non-hydrogen) atoms. The third-order valence-corrected chi connectivity index (χ3v) is 5.02. The fourth-order valence-corrected chi connectivity index (χ4v) is 3.40. The first kappa shape index (κ1) is 22.5. The Bertz CT molecular complexity index is 1260. The summed E-state index contributed by atoms with van der Waals surface area (Å²) >= 11 is 0. The van der Waals surface area contributed by atoms with E-state index in [4.69, 9.17) is 14.2 Å². The molecule has 0 spiro atoms. The molecule has 172 valence electrons. The molecule has 10 nitrogen and oxygen atoms in total. The number of urea groups is 1. The van der Waals surface area contributed by atoms with E-state index in [2.05, 4.69) is 15.3 Å². The lowest BCUT2D eigenvalue weighted by molar-refractivity contribution is -0.122. The van der Waals surface area contributed by atoms with Crippen molar-refractivity contribution in [2.45, 2.75) is 0 Å². The van der Waals surface area contributed by atoms with Crippen molar-refractivity contribution in [2.24, 2.45) is 0 Å². The molecule has 3 aromatic rings. The van der Waals surface area contributed by atoms with Gasteiger partial charge in [-0.2, -0.15) is 0 Å². The van der Waals surface area contributed by atoms with Crippen molar-refractivity contribution >= 4 is 29.6 Å². The Hall–Kier alpha value is -4.73. The number of carbonyl (C=O) groups is 3. The second-order valence-corrected chi connectivity index (χ2v) is 7.05. The van der Waals surface area contributed by atoms with Gasteiger partial charge in [0.2, 0.25) is 5.75 Å². The fourth-order valence-electron chi connectivity index (χ4n) is 3.40. The van der Waals surface area contributed by atoms with Crippen LogP contribution in [0.1, 0.15) is 5.56 Å². The van der Waals surface area contributed by atoms with E-state index in [1.807, 2.05) is 30.3 Å². The van der Waals surface area contributed by atoms with Crippen molar-refractivity contribution in [3.8, 4) is 28.6 Å². The third kappa shape index (κ3) is 4.16. The molecule has 0 radical (unpaired) electrons. The highest BCUT2D eigenvalue weighted by Crippen LogP contribution is 2.41. The molecule has 0 aliphatic carbocycles. The Labute approximate surface area is 194 Å². The van der Waals surface area contributed by atoms with Gasteiger partial charge < -0.3 is 14.2 Å². The number of imide groups is 2. The molecule has 1 aliphatic rings. The SMILES string of the molecule is COc1cc(N2C(=O)NC(=O)C(=Cc3cnc(-c4ccccc4)nc3)C2=O)cc(OC)c1OC. The minimum Gasteiger partial charge on any atom is -0.493 e. The van der Waals surface area contributed by atoms with E-state index in [0.717, 1.165) is 10.5 Å². The number of methoxy groups -OCH3 is 3. The molecule has 1 aromatic heterocycles. The summed E-state index contributed by atoms with van der Waals surface area (Å²) in [6.45, 7) is 0. The van der Waals surface area contributed by atoms with Crippen LogP contribution in [0, 0.1) is 0 Å². The second kappa shape index (κ2) is 9.41. The summed E-state index contributed by atoms with van der Waals surface area (Å²) in [7, 11) is 4.25. The van der Waals surface area contributed by atoms with Crippen LogP contribution in [0.25, 0.3) is 17.5 Å². The van der Waals surface area contributed by atoms with Crippen molar-refractivity contribution in [1.29, 1.82) is 0 Å². The van der Waals surface area contributed by atoms with Gasteiger partial charge in [0.05, 0.1) is 27.0 Å². The molecule has 1 N–H and O–H groups in total. The zero-order chi connectivity index (χ0) is 24.2. The van der Waals surface area contributed by atoms with Crippen LogP contribution in [0.3, 0.4) is 0 Å². The van der Waals surface area contributed by atoms with Gasteiger partial charge in [-0.25, -0.2) is 19.7 Å². The molecular formula is C24H20N4O6. The summed E-state index contributed by atoms with van der Waals surface area (Å²) in [5.74, 6) is -0.381. The molecule has 1 saturated heterocycles. The normalized spacial score (nSPS) is 14.7. The predicted octanol–water partition coefficient (Wildman–Crippen LogP) is 2.84. The van der Waals surface area contributed by atoms with Crippen LogP contribution in [0.2, 0.25) is 0 Å². The Morgan fingerprint density at radius 2 is 1.50 bits per heavy atom. The summed E-state index contributed by atoms with van der Waals surface area (Å²) in [5.41, 5.74) is 1.11. The first-order valence-electron chi connectivity index (χ1n) is 10.1. The molecule has 0 atom stereocenters. The number of rotatable bonds is 6. The first-order valence-corrected chi connectivity index (χ1v) is 10.1. The molecule has 2 heterocycles.